The zero-order valence-electron chi connectivity index (χ0n) is 9.45. The first-order valence-electron chi connectivity index (χ1n) is 5.32. The van der Waals surface area contributed by atoms with Gasteiger partial charge in [0, 0.05) is 9.35 Å². The molecule has 0 fully saturated rings. The summed E-state index contributed by atoms with van der Waals surface area (Å²) < 4.78 is 2.03. The maximum atomic E-state index is 6.07. The zero-order valence-corrected chi connectivity index (χ0v) is 12.6. The van der Waals surface area contributed by atoms with Crippen LogP contribution in [0.2, 0.25) is 5.15 Å². The first-order valence-corrected chi connectivity index (χ1v) is 7.30. The van der Waals surface area contributed by atoms with Gasteiger partial charge in [-0.15, -0.1) is 11.3 Å². The van der Waals surface area contributed by atoms with Gasteiger partial charge in [-0.3, -0.25) is 0 Å². The van der Waals surface area contributed by atoms with Gasteiger partial charge in [-0.05, 0) is 36.2 Å². The molecule has 1 aromatic carbocycles. The van der Waals surface area contributed by atoms with Crippen LogP contribution in [0.4, 0.5) is 0 Å². The Morgan fingerprint density at radius 2 is 2.06 bits per heavy atom. The number of rotatable bonds is 1. The van der Waals surface area contributed by atoms with Crippen molar-refractivity contribution in [3.63, 3.8) is 0 Å². The number of thiophene rings is 1. The van der Waals surface area contributed by atoms with Crippen molar-refractivity contribution >= 4 is 49.1 Å². The van der Waals surface area contributed by atoms with E-state index in [0.29, 0.717) is 5.15 Å². The Balaban J connectivity index is 2.23. The third kappa shape index (κ3) is 2.05. The van der Waals surface area contributed by atoms with Gasteiger partial charge in [0.2, 0.25) is 0 Å². The van der Waals surface area contributed by atoms with Crippen molar-refractivity contribution in [1.82, 2.24) is 9.97 Å². The molecule has 0 N–H and O–H groups in total. The van der Waals surface area contributed by atoms with Crippen molar-refractivity contribution in [3.8, 4) is 10.4 Å². The molecule has 0 amide bonds. The molecule has 0 saturated carbocycles. The molecule has 0 aliphatic heterocycles. The van der Waals surface area contributed by atoms with Crippen LogP contribution >= 0.6 is 38.9 Å². The summed E-state index contributed by atoms with van der Waals surface area (Å²) in [6, 6.07) is 8.31. The van der Waals surface area contributed by atoms with Gasteiger partial charge in [-0.2, -0.15) is 0 Å². The minimum Gasteiger partial charge on any atom is -0.235 e. The lowest BCUT2D eigenvalue weighted by Crippen LogP contribution is -1.79. The van der Waals surface area contributed by atoms with Gasteiger partial charge < -0.3 is 0 Å². The van der Waals surface area contributed by atoms with E-state index in [0.717, 1.165) is 19.6 Å². The number of aromatic nitrogens is 2. The standard InChI is InChI=1S/C13H8BrClN2S/c1-7-4-8(14)2-3-9(7)11-5-10-12(18-11)13(15)17-6-16-10/h2-6H,1H3. The van der Waals surface area contributed by atoms with E-state index in [-0.39, 0.29) is 0 Å². The fourth-order valence-corrected chi connectivity index (χ4v) is 3.68. The van der Waals surface area contributed by atoms with Gasteiger partial charge in [0.1, 0.15) is 11.5 Å². The Morgan fingerprint density at radius 1 is 1.22 bits per heavy atom. The number of fused-ring (bicyclic) bond motifs is 1. The van der Waals surface area contributed by atoms with E-state index in [4.69, 9.17) is 11.6 Å². The zero-order chi connectivity index (χ0) is 12.7. The van der Waals surface area contributed by atoms with Crippen LogP contribution in [0.5, 0.6) is 0 Å². The highest BCUT2D eigenvalue weighted by Gasteiger charge is 2.10. The minimum atomic E-state index is 0.519. The third-order valence-electron chi connectivity index (χ3n) is 2.72. The topological polar surface area (TPSA) is 25.8 Å². The molecule has 0 atom stereocenters. The van der Waals surface area contributed by atoms with E-state index >= 15 is 0 Å². The number of halogens is 2. The van der Waals surface area contributed by atoms with Gasteiger partial charge in [0.05, 0.1) is 10.2 Å². The molecule has 0 bridgehead atoms. The monoisotopic (exact) mass is 338 g/mol. The highest BCUT2D eigenvalue weighted by Crippen LogP contribution is 2.37. The highest BCUT2D eigenvalue weighted by atomic mass is 79.9. The van der Waals surface area contributed by atoms with Crippen molar-refractivity contribution in [2.24, 2.45) is 0 Å². The van der Waals surface area contributed by atoms with Crippen molar-refractivity contribution in [3.05, 3.63) is 45.8 Å². The number of hydrogen-bond acceptors (Lipinski definition) is 3. The van der Waals surface area contributed by atoms with Crippen LogP contribution in [0, 0.1) is 6.92 Å². The van der Waals surface area contributed by atoms with Gasteiger partial charge in [0.15, 0.2) is 0 Å². The van der Waals surface area contributed by atoms with Crippen molar-refractivity contribution in [2.45, 2.75) is 6.92 Å². The van der Waals surface area contributed by atoms with Crippen molar-refractivity contribution in [2.75, 3.05) is 0 Å². The first kappa shape index (κ1) is 12.1. The quantitative estimate of drug-likeness (QED) is 0.578. The second-order valence-corrected chi connectivity index (χ2v) is 6.27. The van der Waals surface area contributed by atoms with Crippen LogP contribution in [-0.4, -0.2) is 9.97 Å². The number of aryl methyl sites for hydroxylation is 1. The van der Waals surface area contributed by atoms with Gasteiger partial charge >= 0.3 is 0 Å². The lowest BCUT2D eigenvalue weighted by molar-refractivity contribution is 1.23. The fraction of sp³-hybridized carbons (Fsp3) is 0.0769. The summed E-state index contributed by atoms with van der Waals surface area (Å²) >= 11 is 11.2. The predicted octanol–water partition coefficient (Wildman–Crippen LogP) is 5.08. The largest absolute Gasteiger partial charge is 0.235 e. The molecule has 3 rings (SSSR count). The van der Waals surface area contributed by atoms with Gasteiger partial charge in [-0.1, -0.05) is 33.6 Å². The minimum absolute atomic E-state index is 0.519. The summed E-state index contributed by atoms with van der Waals surface area (Å²) in [5.74, 6) is 0. The van der Waals surface area contributed by atoms with E-state index < -0.39 is 0 Å². The molecular weight excluding hydrogens is 332 g/mol. The number of hydrogen-bond donors (Lipinski definition) is 0. The maximum Gasteiger partial charge on any atom is 0.150 e. The van der Waals surface area contributed by atoms with Crippen LogP contribution in [0.25, 0.3) is 20.7 Å². The molecule has 90 valence electrons. The molecule has 0 unspecified atom stereocenters. The second-order valence-electron chi connectivity index (χ2n) is 3.95. The second kappa shape index (κ2) is 4.61. The summed E-state index contributed by atoms with van der Waals surface area (Å²) in [6.45, 7) is 2.10. The van der Waals surface area contributed by atoms with Crippen molar-refractivity contribution in [1.29, 1.82) is 0 Å². The molecule has 3 aromatic rings. The van der Waals surface area contributed by atoms with E-state index in [2.05, 4.69) is 51.0 Å². The van der Waals surface area contributed by atoms with Crippen LogP contribution in [0.3, 0.4) is 0 Å². The summed E-state index contributed by atoms with van der Waals surface area (Å²) in [4.78, 5) is 9.41. The molecule has 2 nitrogen and oxygen atoms in total. The fourth-order valence-electron chi connectivity index (χ4n) is 1.86. The number of benzene rings is 1. The van der Waals surface area contributed by atoms with Crippen LogP contribution in [-0.2, 0) is 0 Å². The highest BCUT2D eigenvalue weighted by molar-refractivity contribution is 9.10. The maximum absolute atomic E-state index is 6.07. The molecule has 2 heterocycles. The van der Waals surface area contributed by atoms with Crippen molar-refractivity contribution < 1.29 is 0 Å². The SMILES string of the molecule is Cc1cc(Br)ccc1-c1cc2ncnc(Cl)c2s1. The van der Waals surface area contributed by atoms with Gasteiger partial charge in [0.25, 0.3) is 0 Å². The molecule has 5 heteroatoms. The van der Waals surface area contributed by atoms with E-state index in [1.807, 2.05) is 6.07 Å². The Bertz CT molecular complexity index is 739. The third-order valence-corrected chi connectivity index (χ3v) is 4.78. The first-order chi connectivity index (χ1) is 8.65. The molecule has 2 aromatic heterocycles. The Kier molecular flexibility index (Phi) is 3.09. The Morgan fingerprint density at radius 3 is 2.78 bits per heavy atom. The predicted molar refractivity (Wildman–Crippen MR) is 80.3 cm³/mol. The normalized spacial score (nSPS) is 11.1. The molecule has 0 saturated heterocycles. The lowest BCUT2D eigenvalue weighted by atomic mass is 10.1. The van der Waals surface area contributed by atoms with E-state index in [1.165, 1.54) is 17.5 Å². The summed E-state index contributed by atoms with van der Waals surface area (Å²) in [5, 5.41) is 0.519. The molecule has 0 spiro atoms. The van der Waals surface area contributed by atoms with Crippen LogP contribution < -0.4 is 0 Å². The average Bonchev–Trinajstić information content (AvgIpc) is 2.74. The lowest BCUT2D eigenvalue weighted by Gasteiger charge is -2.02. The molecule has 18 heavy (non-hydrogen) atoms. The molecular formula is C13H8BrClN2S. The average molecular weight is 340 g/mol. The summed E-state index contributed by atoms with van der Waals surface area (Å²) in [6.07, 6.45) is 1.50. The van der Waals surface area contributed by atoms with Crippen LogP contribution in [0.1, 0.15) is 5.56 Å². The van der Waals surface area contributed by atoms with Crippen LogP contribution in [0.15, 0.2) is 35.1 Å². The summed E-state index contributed by atoms with van der Waals surface area (Å²) in [7, 11) is 0. The Hall–Kier alpha value is -0.970. The Labute approximate surface area is 122 Å². The molecule has 0 radical (unpaired) electrons. The smallest absolute Gasteiger partial charge is 0.150 e. The molecule has 0 aliphatic rings. The van der Waals surface area contributed by atoms with Gasteiger partial charge in [-0.25, -0.2) is 9.97 Å². The summed E-state index contributed by atoms with van der Waals surface area (Å²) in [5.41, 5.74) is 3.33. The van der Waals surface area contributed by atoms with E-state index in [1.54, 1.807) is 11.3 Å². The van der Waals surface area contributed by atoms with E-state index in [9.17, 15) is 0 Å². The molecule has 0 aliphatic carbocycles. The number of nitrogens with zero attached hydrogens (tertiary/aromatic N) is 2.